The van der Waals surface area contributed by atoms with E-state index in [-0.39, 0.29) is 23.5 Å². The van der Waals surface area contributed by atoms with Crippen LogP contribution in [-0.4, -0.2) is 76.6 Å². The monoisotopic (exact) mass is 532 g/mol. The van der Waals surface area contributed by atoms with Crippen molar-refractivity contribution >= 4 is 39.3 Å². The van der Waals surface area contributed by atoms with E-state index < -0.39 is 28.8 Å². The van der Waals surface area contributed by atoms with Crippen molar-refractivity contribution in [3.05, 3.63) is 40.8 Å². The highest BCUT2D eigenvalue weighted by Crippen LogP contribution is 2.30. The third-order valence-corrected chi connectivity index (χ3v) is 7.89. The number of sulfonamides is 1. The van der Waals surface area contributed by atoms with Gasteiger partial charge in [-0.3, -0.25) is 20.1 Å². The van der Waals surface area contributed by atoms with E-state index in [1.807, 2.05) is 29.0 Å². The minimum Gasteiger partial charge on any atom is -0.480 e. The molecule has 3 unspecified atom stereocenters. The van der Waals surface area contributed by atoms with Crippen LogP contribution in [0, 0.1) is 5.92 Å². The molecule has 1 aromatic rings. The van der Waals surface area contributed by atoms with E-state index in [1.54, 1.807) is 7.05 Å². The quantitative estimate of drug-likeness (QED) is 0.245. The van der Waals surface area contributed by atoms with Gasteiger partial charge < -0.3 is 26.4 Å². The molecule has 0 bridgehead atoms. The summed E-state index contributed by atoms with van der Waals surface area (Å²) in [5.74, 6) is -0.574. The third-order valence-electron chi connectivity index (χ3n) is 6.43. The van der Waals surface area contributed by atoms with Crippen molar-refractivity contribution in [3.63, 3.8) is 0 Å². The number of aliphatic imine (C=N–C) groups is 2. The number of aliphatic carboxylic acids is 1. The number of carbonyl (C=O) groups is 2. The number of hydrogen-bond donors (Lipinski definition) is 7. The Balaban J connectivity index is 1.36. The average molecular weight is 533 g/mol. The lowest BCUT2D eigenvalue weighted by molar-refractivity contribution is -0.135. The van der Waals surface area contributed by atoms with Crippen LogP contribution in [0.2, 0.25) is 0 Å². The topological polar surface area (TPSA) is 185 Å². The minimum absolute atomic E-state index is 0.00833. The van der Waals surface area contributed by atoms with Crippen molar-refractivity contribution in [2.24, 2.45) is 15.9 Å². The molecule has 0 aliphatic carbocycles. The predicted octanol–water partition coefficient (Wildman–Crippen LogP) is 0.0861. The van der Waals surface area contributed by atoms with Gasteiger partial charge in [-0.05, 0) is 49.6 Å². The molecule has 0 radical (unpaired) electrons. The van der Waals surface area contributed by atoms with E-state index in [9.17, 15) is 18.0 Å². The maximum Gasteiger partial charge on any atom is 0.318 e. The highest BCUT2D eigenvalue weighted by Gasteiger charge is 2.29. The van der Waals surface area contributed by atoms with E-state index in [2.05, 4.69) is 31.6 Å². The van der Waals surface area contributed by atoms with E-state index in [4.69, 9.17) is 10.1 Å². The molecule has 7 N–H and O–H groups in total. The highest BCUT2D eigenvalue weighted by atomic mass is 32.2. The van der Waals surface area contributed by atoms with Gasteiger partial charge in [0.15, 0.2) is 6.29 Å². The van der Waals surface area contributed by atoms with Gasteiger partial charge in [-0.25, -0.2) is 17.9 Å². The number of carboxylic acids is 1. The number of amidine groups is 1. The molecule has 200 valence electrons. The third kappa shape index (κ3) is 7.13. The van der Waals surface area contributed by atoms with Crippen molar-refractivity contribution in [2.45, 2.75) is 31.6 Å². The summed E-state index contributed by atoms with van der Waals surface area (Å²) >= 11 is 0. The number of urea groups is 1. The first-order chi connectivity index (χ1) is 17.7. The van der Waals surface area contributed by atoms with Crippen LogP contribution in [0.1, 0.15) is 30.9 Å². The van der Waals surface area contributed by atoms with Gasteiger partial charge in [-0.1, -0.05) is 12.1 Å². The van der Waals surface area contributed by atoms with Gasteiger partial charge in [0, 0.05) is 37.0 Å². The number of carboxylic acid groups (broad SMARTS) is 1. The summed E-state index contributed by atoms with van der Waals surface area (Å²) in [5.41, 5.74) is 2.98. The van der Waals surface area contributed by atoms with Crippen LogP contribution >= 0.6 is 0 Å². The molecule has 0 aromatic heterocycles. The highest BCUT2D eigenvalue weighted by molar-refractivity contribution is 7.93. The summed E-state index contributed by atoms with van der Waals surface area (Å²) in [6, 6.07) is 7.72. The molecule has 3 heterocycles. The fourth-order valence-corrected chi connectivity index (χ4v) is 5.52. The number of carbonyl (C=O) groups excluding carboxylic acids is 1. The van der Waals surface area contributed by atoms with Crippen LogP contribution in [0.3, 0.4) is 0 Å². The Bertz CT molecular complexity index is 1210. The SMILES string of the molecule is CNC(=O)Nc1ccc(C2CC(C3=NC(NC4=NCC(S(=O)(=O)NCC(=O)O)=C4)NCC3)CCN2)cc1. The first-order valence-corrected chi connectivity index (χ1v) is 13.6. The van der Waals surface area contributed by atoms with Gasteiger partial charge in [-0.2, -0.15) is 0 Å². The van der Waals surface area contributed by atoms with E-state index in [0.29, 0.717) is 11.8 Å². The molecule has 3 atom stereocenters. The van der Waals surface area contributed by atoms with Crippen LogP contribution < -0.4 is 31.3 Å². The van der Waals surface area contributed by atoms with Gasteiger partial charge in [0.1, 0.15) is 12.4 Å². The maximum absolute atomic E-state index is 12.2. The molecule has 37 heavy (non-hydrogen) atoms. The van der Waals surface area contributed by atoms with Crippen LogP contribution in [0.5, 0.6) is 0 Å². The Morgan fingerprint density at radius 2 is 1.95 bits per heavy atom. The number of nitrogens with zero attached hydrogens (tertiary/aromatic N) is 2. The predicted molar refractivity (Wildman–Crippen MR) is 140 cm³/mol. The Hall–Kier alpha value is -3.33. The lowest BCUT2D eigenvalue weighted by Crippen LogP contribution is -2.48. The summed E-state index contributed by atoms with van der Waals surface area (Å²) in [6.07, 6.45) is 3.66. The normalized spacial score (nSPS) is 23.9. The molecule has 1 saturated heterocycles. The minimum atomic E-state index is -3.91. The van der Waals surface area contributed by atoms with Crippen molar-refractivity contribution in [1.82, 2.24) is 26.0 Å². The summed E-state index contributed by atoms with van der Waals surface area (Å²) in [7, 11) is -2.34. The molecule has 4 rings (SSSR count). The molecular weight excluding hydrogens is 500 g/mol. The summed E-state index contributed by atoms with van der Waals surface area (Å²) in [6.45, 7) is 0.841. The molecule has 14 heteroatoms. The second-order valence-corrected chi connectivity index (χ2v) is 10.8. The second-order valence-electron chi connectivity index (χ2n) is 8.96. The van der Waals surface area contributed by atoms with Crippen LogP contribution in [0.15, 0.2) is 45.2 Å². The number of anilines is 1. The van der Waals surface area contributed by atoms with E-state index in [1.165, 1.54) is 6.08 Å². The number of benzene rings is 1. The fraction of sp³-hybridized carbons (Fsp3) is 0.478. The van der Waals surface area contributed by atoms with E-state index in [0.717, 1.165) is 49.3 Å². The standard InChI is InChI=1S/C23H32N8O5S/c1-24-23(34)29-16-4-2-14(3-5-16)19-10-15(6-8-25-19)18-7-9-26-22(30-18)31-20-11-17(12-27-20)37(35,36)28-13-21(32)33/h2-5,11,15,19,22,25-26,28H,6-10,12-13H2,1H3,(H,27,31)(H,32,33)(H2,24,29,34). The van der Waals surface area contributed by atoms with Gasteiger partial charge in [-0.15, -0.1) is 0 Å². The van der Waals surface area contributed by atoms with Crippen molar-refractivity contribution in [1.29, 1.82) is 0 Å². The molecule has 1 aromatic carbocycles. The van der Waals surface area contributed by atoms with E-state index >= 15 is 0 Å². The first kappa shape index (κ1) is 26.7. The average Bonchev–Trinajstić information content (AvgIpc) is 3.38. The van der Waals surface area contributed by atoms with Gasteiger partial charge >= 0.3 is 12.0 Å². The number of amides is 2. The molecule has 3 aliphatic rings. The van der Waals surface area contributed by atoms with Gasteiger partial charge in [0.05, 0.1) is 11.4 Å². The zero-order valence-corrected chi connectivity index (χ0v) is 21.3. The number of rotatable bonds is 8. The first-order valence-electron chi connectivity index (χ1n) is 12.1. The molecule has 0 spiro atoms. The summed E-state index contributed by atoms with van der Waals surface area (Å²) in [5, 5.41) is 24.0. The largest absolute Gasteiger partial charge is 0.480 e. The maximum atomic E-state index is 12.2. The summed E-state index contributed by atoms with van der Waals surface area (Å²) < 4.78 is 26.5. The summed E-state index contributed by atoms with van der Waals surface area (Å²) in [4.78, 5) is 31.3. The smallest absolute Gasteiger partial charge is 0.318 e. The molecule has 13 nitrogen and oxygen atoms in total. The van der Waals surface area contributed by atoms with Gasteiger partial charge in [0.2, 0.25) is 10.0 Å². The number of hydrogen-bond acceptors (Lipinski definition) is 9. The Morgan fingerprint density at radius 3 is 2.68 bits per heavy atom. The van der Waals surface area contributed by atoms with Crippen LogP contribution in [0.4, 0.5) is 10.5 Å². The fourth-order valence-electron chi connectivity index (χ4n) is 4.52. The van der Waals surface area contributed by atoms with Gasteiger partial charge in [0.25, 0.3) is 0 Å². The lowest BCUT2D eigenvalue weighted by atomic mass is 9.84. The zero-order chi connectivity index (χ0) is 26.4. The molecule has 1 fully saturated rings. The Morgan fingerprint density at radius 1 is 1.16 bits per heavy atom. The van der Waals surface area contributed by atoms with Crippen LogP contribution in [-0.2, 0) is 14.8 Å². The number of nitrogens with one attached hydrogen (secondary N) is 6. The zero-order valence-electron chi connectivity index (χ0n) is 20.5. The molecule has 0 saturated carbocycles. The Kier molecular flexibility index (Phi) is 8.53. The van der Waals surface area contributed by atoms with Crippen molar-refractivity contribution in [2.75, 3.05) is 38.5 Å². The van der Waals surface area contributed by atoms with Crippen molar-refractivity contribution in [3.8, 4) is 0 Å². The Labute approximate surface area is 215 Å². The van der Waals surface area contributed by atoms with Crippen molar-refractivity contribution < 1.29 is 23.1 Å². The molecule has 2 amide bonds. The second kappa shape index (κ2) is 11.8. The van der Waals surface area contributed by atoms with Crippen LogP contribution in [0.25, 0.3) is 0 Å². The molecule has 3 aliphatic heterocycles. The molecular formula is C23H32N8O5S. The number of piperidine rings is 1. The lowest BCUT2D eigenvalue weighted by Gasteiger charge is -2.34.